The van der Waals surface area contributed by atoms with Gasteiger partial charge in [0.25, 0.3) is 35.4 Å². The number of hydrogen-bond acceptors (Lipinski definition) is 13. The molecular formula is C51H66N3O13P. The third-order valence-corrected chi connectivity index (χ3v) is 14.0. The number of carbonyl (C=O) groups excluding carboxylic acids is 6. The molecular weight excluding hydrogens is 894 g/mol. The molecule has 17 heteroatoms. The number of amides is 6. The Morgan fingerprint density at radius 1 is 0.309 bits per heavy atom. The molecule has 68 heavy (non-hydrogen) atoms. The highest BCUT2D eigenvalue weighted by Gasteiger charge is 2.70. The van der Waals surface area contributed by atoms with E-state index in [2.05, 4.69) is 0 Å². The molecule has 6 rings (SSSR count). The Balaban J connectivity index is 1.66. The molecule has 0 bridgehead atoms. The first-order valence-corrected chi connectivity index (χ1v) is 24.0. The predicted octanol–water partition coefficient (Wildman–Crippen LogP) is 11.2. The maximum atomic E-state index is 17.3. The van der Waals surface area contributed by atoms with Crippen LogP contribution in [0, 0.1) is 32.5 Å². The van der Waals surface area contributed by atoms with E-state index in [1.807, 2.05) is 0 Å². The molecule has 0 aromatic heterocycles. The zero-order valence-electron chi connectivity index (χ0n) is 42.5. The van der Waals surface area contributed by atoms with Crippen molar-refractivity contribution in [2.45, 2.75) is 142 Å². The lowest BCUT2D eigenvalue weighted by Gasteiger charge is -2.57. The summed E-state index contributed by atoms with van der Waals surface area (Å²) in [7, 11) is -5.80. The van der Waals surface area contributed by atoms with Crippen molar-refractivity contribution in [2.24, 2.45) is 32.5 Å². The van der Waals surface area contributed by atoms with E-state index < -0.39 is 93.1 Å². The quantitative estimate of drug-likeness (QED) is 0.0949. The van der Waals surface area contributed by atoms with Crippen LogP contribution < -0.4 is 0 Å². The van der Waals surface area contributed by atoms with Gasteiger partial charge in [-0.1, -0.05) is 161 Å². The van der Waals surface area contributed by atoms with Gasteiger partial charge in [0.2, 0.25) is 17.4 Å². The minimum Gasteiger partial charge on any atom is -0.266 e. The normalized spacial score (nSPS) is 16.9. The Morgan fingerprint density at radius 3 is 0.588 bits per heavy atom. The minimum absolute atomic E-state index is 0.0487. The average molecular weight is 960 g/mol. The molecule has 0 aliphatic carbocycles. The number of nitrogens with zero attached hydrogens (tertiary/aromatic N) is 3. The van der Waals surface area contributed by atoms with E-state index in [9.17, 15) is 28.8 Å². The number of phosphoric acid groups is 1. The van der Waals surface area contributed by atoms with Crippen LogP contribution in [0.3, 0.4) is 0 Å². The van der Waals surface area contributed by atoms with Gasteiger partial charge in [0, 0.05) is 32.5 Å². The van der Waals surface area contributed by atoms with Crippen molar-refractivity contribution in [3.63, 3.8) is 0 Å². The largest absolute Gasteiger partial charge is 0.482 e. The molecule has 0 spiro atoms. The van der Waals surface area contributed by atoms with Gasteiger partial charge in [-0.25, -0.2) is 32.6 Å². The summed E-state index contributed by atoms with van der Waals surface area (Å²) in [6.07, 6.45) is 0. The highest BCUT2D eigenvalue weighted by Crippen LogP contribution is 2.70. The van der Waals surface area contributed by atoms with Gasteiger partial charge in [0.1, 0.15) is 0 Å². The third kappa shape index (κ3) is 8.29. The van der Waals surface area contributed by atoms with Gasteiger partial charge in [-0.3, -0.25) is 28.8 Å². The van der Waals surface area contributed by atoms with E-state index in [0.29, 0.717) is 15.2 Å². The average Bonchev–Trinajstić information content (AvgIpc) is 3.69. The molecule has 0 fully saturated rings. The van der Waals surface area contributed by atoms with Crippen LogP contribution in [0.5, 0.6) is 0 Å². The van der Waals surface area contributed by atoms with Crippen molar-refractivity contribution < 1.29 is 61.4 Å². The molecule has 3 aliphatic rings. The topological polar surface area (TPSA) is 185 Å². The molecule has 6 amide bonds. The number of hydrogen-bond donors (Lipinski definition) is 0. The first-order valence-electron chi connectivity index (χ1n) is 22.6. The Labute approximate surface area is 399 Å². The molecule has 3 aromatic rings. The van der Waals surface area contributed by atoms with Crippen molar-refractivity contribution >= 4 is 43.3 Å². The minimum atomic E-state index is -5.80. The van der Waals surface area contributed by atoms with Crippen LogP contribution in [-0.4, -0.2) is 68.0 Å². The van der Waals surface area contributed by atoms with Crippen LogP contribution in [0.1, 0.15) is 187 Å². The Bertz CT molecular complexity index is 2200. The third-order valence-electron chi connectivity index (χ3n) is 12.6. The molecule has 0 radical (unpaired) electrons. The molecule has 3 aromatic carbocycles. The van der Waals surface area contributed by atoms with Gasteiger partial charge >= 0.3 is 7.82 Å². The fourth-order valence-corrected chi connectivity index (χ4v) is 12.5. The highest BCUT2D eigenvalue weighted by molar-refractivity contribution is 7.48. The summed E-state index contributed by atoms with van der Waals surface area (Å²) < 4.78 is 38.5. The zero-order chi connectivity index (χ0) is 51.4. The van der Waals surface area contributed by atoms with E-state index in [1.165, 1.54) is 36.4 Å². The summed E-state index contributed by atoms with van der Waals surface area (Å²) in [5.74, 6) is -12.2. The Kier molecular flexibility index (Phi) is 12.8. The molecule has 0 unspecified atom stereocenters. The van der Waals surface area contributed by atoms with Gasteiger partial charge in [0.15, 0.2) is 0 Å². The number of benzene rings is 3. The van der Waals surface area contributed by atoms with Crippen molar-refractivity contribution in [3.05, 3.63) is 106 Å². The Morgan fingerprint density at radius 2 is 0.456 bits per heavy atom. The number of carbonyl (C=O) groups is 6. The summed E-state index contributed by atoms with van der Waals surface area (Å²) in [6.45, 7) is 30.1. The number of phosphoric ester groups is 1. The van der Waals surface area contributed by atoms with E-state index in [0.717, 1.165) is 0 Å². The van der Waals surface area contributed by atoms with E-state index in [-0.39, 0.29) is 33.4 Å². The van der Waals surface area contributed by atoms with Crippen molar-refractivity contribution in [1.82, 2.24) is 15.2 Å². The van der Waals surface area contributed by atoms with E-state index in [1.54, 1.807) is 161 Å². The lowest BCUT2D eigenvalue weighted by molar-refractivity contribution is -0.403. The van der Waals surface area contributed by atoms with E-state index in [4.69, 9.17) is 28.1 Å². The van der Waals surface area contributed by atoms with Crippen LogP contribution >= 0.6 is 7.82 Å². The number of imide groups is 3. The van der Waals surface area contributed by atoms with E-state index >= 15 is 4.57 Å². The predicted molar refractivity (Wildman–Crippen MR) is 250 cm³/mol. The summed E-state index contributed by atoms with van der Waals surface area (Å²) in [5.41, 5.74) is -7.99. The monoisotopic (exact) mass is 959 g/mol. The van der Waals surface area contributed by atoms with Crippen molar-refractivity contribution in [3.8, 4) is 0 Å². The summed E-state index contributed by atoms with van der Waals surface area (Å²) in [4.78, 5) is 105. The van der Waals surface area contributed by atoms with Gasteiger partial charge < -0.3 is 0 Å². The Hall–Kier alpha value is -4.93. The first-order chi connectivity index (χ1) is 30.8. The highest BCUT2D eigenvalue weighted by atomic mass is 31.2. The first kappa shape index (κ1) is 52.4. The lowest BCUT2D eigenvalue weighted by atomic mass is 9.70. The summed E-state index contributed by atoms with van der Waals surface area (Å²) >= 11 is 0. The van der Waals surface area contributed by atoms with Crippen LogP contribution in [0.15, 0.2) is 72.8 Å². The number of fused-ring (bicyclic) bond motifs is 3. The van der Waals surface area contributed by atoms with Gasteiger partial charge in [-0.15, -0.1) is 15.2 Å². The standard InChI is InChI=1S/C51H66N3O13P/c1-43(2,3)49(44(4,5)6,62-52-37(55)31-25-19-20-26-32(31)38(52)56)65-68(61,66-50(45(7,8)9,46(10,11)12)63-53-39(57)33-27-21-22-28-34(33)40(53)58)67-51(47(13,14)15,48(16,17)18)64-54-41(59)35-29-23-24-30-36(35)42(54)60/h19-30H,1-18H3. The van der Waals surface area contributed by atoms with Crippen LogP contribution in [0.4, 0.5) is 0 Å². The van der Waals surface area contributed by atoms with Crippen molar-refractivity contribution in [2.75, 3.05) is 0 Å². The second kappa shape index (κ2) is 16.6. The molecule has 0 atom stereocenters. The summed E-state index contributed by atoms with van der Waals surface area (Å²) in [5, 5.41) is 1.66. The molecule has 368 valence electrons. The van der Waals surface area contributed by atoms with Crippen molar-refractivity contribution in [1.29, 1.82) is 0 Å². The maximum absolute atomic E-state index is 17.3. The van der Waals surface area contributed by atoms with Gasteiger partial charge in [0.05, 0.1) is 33.4 Å². The fraction of sp³-hybridized carbons (Fsp3) is 0.529. The maximum Gasteiger partial charge on any atom is 0.482 e. The van der Waals surface area contributed by atoms with Gasteiger partial charge in [-0.05, 0) is 36.4 Å². The van der Waals surface area contributed by atoms with Crippen LogP contribution in [-0.2, 0) is 32.6 Å². The molecule has 3 aliphatic heterocycles. The molecule has 0 saturated carbocycles. The SMILES string of the molecule is CC(C)(C)C(ON1C(=O)c2ccccc2C1=O)(OP(=O)(OC(ON1C(=O)c2ccccc2C1=O)(C(C)(C)C)C(C)(C)C)OC(ON1C(=O)c2ccccc2C1=O)(C(C)(C)C)C(C)(C)C)C(C)(C)C. The smallest absolute Gasteiger partial charge is 0.266 e. The lowest BCUT2D eigenvalue weighted by Crippen LogP contribution is -2.64. The molecule has 0 N–H and O–H groups in total. The summed E-state index contributed by atoms with van der Waals surface area (Å²) in [6, 6.07) is 18.4. The number of rotatable bonds is 12. The zero-order valence-corrected chi connectivity index (χ0v) is 43.4. The molecule has 0 saturated heterocycles. The fourth-order valence-electron chi connectivity index (χ4n) is 9.73. The van der Waals surface area contributed by atoms with Crippen LogP contribution in [0.2, 0.25) is 0 Å². The number of hydroxylamine groups is 6. The molecule has 16 nitrogen and oxygen atoms in total. The van der Waals surface area contributed by atoms with Crippen LogP contribution in [0.25, 0.3) is 0 Å². The second-order valence-corrected chi connectivity index (χ2v) is 25.1. The molecule has 3 heterocycles. The second-order valence-electron chi connectivity index (χ2n) is 23.7. The van der Waals surface area contributed by atoms with Gasteiger partial charge in [-0.2, -0.15) is 0 Å².